The van der Waals surface area contributed by atoms with Crippen LogP contribution in [0.2, 0.25) is 0 Å². The van der Waals surface area contributed by atoms with E-state index in [1.54, 1.807) is 0 Å². The van der Waals surface area contributed by atoms with E-state index in [1.807, 2.05) is 0 Å². The Morgan fingerprint density at radius 2 is 1.07 bits per heavy atom. The number of aryl methyl sites for hydroxylation is 1. The highest BCUT2D eigenvalue weighted by Crippen LogP contribution is 2.21. The van der Waals surface area contributed by atoms with E-state index in [1.165, 1.54) is 119 Å². The molecule has 0 spiro atoms. The highest BCUT2D eigenvalue weighted by atomic mass is 14.1. The Morgan fingerprint density at radius 1 is 0.552 bits per heavy atom. The predicted molar refractivity (Wildman–Crippen MR) is 132 cm³/mol. The van der Waals surface area contributed by atoms with Crippen molar-refractivity contribution in [1.82, 2.24) is 0 Å². The van der Waals surface area contributed by atoms with Crippen LogP contribution < -0.4 is 0 Å². The Bertz CT molecular complexity index is 661. The molecular formula is C29H44. The molecule has 0 aliphatic rings. The first-order chi connectivity index (χ1) is 14.4. The molecule has 0 nitrogen and oxygen atoms in total. The van der Waals surface area contributed by atoms with E-state index in [-0.39, 0.29) is 0 Å². The van der Waals surface area contributed by atoms with Crippen LogP contribution in [0.3, 0.4) is 0 Å². The van der Waals surface area contributed by atoms with Crippen molar-refractivity contribution in [2.75, 3.05) is 0 Å². The standard InChI is InChI=1S/C29H44/c1-2-3-4-5-6-7-8-9-10-11-12-13-14-15-16-17-18-22-27-24-21-25-28-23-19-20-26-29(27)28/h2-3,19-21,23-26H,4-18,22H2,1H3/b3-2+. The summed E-state index contributed by atoms with van der Waals surface area (Å²) in [6, 6.07) is 15.6. The van der Waals surface area contributed by atoms with E-state index in [2.05, 4.69) is 61.5 Å². The summed E-state index contributed by atoms with van der Waals surface area (Å²) >= 11 is 0. The zero-order valence-electron chi connectivity index (χ0n) is 19.0. The number of rotatable bonds is 17. The summed E-state index contributed by atoms with van der Waals surface area (Å²) in [7, 11) is 0. The molecule has 0 unspecified atom stereocenters. The van der Waals surface area contributed by atoms with Crippen LogP contribution in [0.1, 0.15) is 109 Å². The first-order valence-electron chi connectivity index (χ1n) is 12.5. The van der Waals surface area contributed by atoms with E-state index >= 15 is 0 Å². The lowest BCUT2D eigenvalue weighted by Gasteiger charge is -2.07. The molecule has 0 heterocycles. The van der Waals surface area contributed by atoms with Gasteiger partial charge in [-0.25, -0.2) is 0 Å². The lowest BCUT2D eigenvalue weighted by Crippen LogP contribution is -1.88. The topological polar surface area (TPSA) is 0 Å². The fourth-order valence-electron chi connectivity index (χ4n) is 4.38. The number of unbranched alkanes of at least 4 members (excludes halogenated alkanes) is 14. The number of benzene rings is 2. The van der Waals surface area contributed by atoms with Gasteiger partial charge >= 0.3 is 0 Å². The average molecular weight is 393 g/mol. The van der Waals surface area contributed by atoms with E-state index in [4.69, 9.17) is 0 Å². The lowest BCUT2D eigenvalue weighted by molar-refractivity contribution is 0.534. The van der Waals surface area contributed by atoms with Gasteiger partial charge in [-0.3, -0.25) is 0 Å². The smallest absolute Gasteiger partial charge is 0.0152 e. The molecule has 2 aromatic rings. The normalized spacial score (nSPS) is 11.6. The van der Waals surface area contributed by atoms with Crippen LogP contribution in [0.15, 0.2) is 54.6 Å². The first kappa shape index (κ1) is 23.7. The molecule has 0 bridgehead atoms. The largest absolute Gasteiger partial charge is 0.0917 e. The molecule has 29 heavy (non-hydrogen) atoms. The Kier molecular flexibility index (Phi) is 13.3. The maximum Gasteiger partial charge on any atom is -0.0152 e. The minimum absolute atomic E-state index is 1.23. The van der Waals surface area contributed by atoms with Crippen LogP contribution in [0.5, 0.6) is 0 Å². The maximum absolute atomic E-state index is 2.31. The SMILES string of the molecule is C/C=C/CCCCCCCCCCCCCCCCc1cccc2ccccc12. The van der Waals surface area contributed by atoms with Crippen molar-refractivity contribution < 1.29 is 0 Å². The summed E-state index contributed by atoms with van der Waals surface area (Å²) in [5, 5.41) is 2.83. The van der Waals surface area contributed by atoms with Crippen LogP contribution in [0.25, 0.3) is 10.8 Å². The number of fused-ring (bicyclic) bond motifs is 1. The first-order valence-corrected chi connectivity index (χ1v) is 12.5. The van der Waals surface area contributed by atoms with Gasteiger partial charge < -0.3 is 0 Å². The molecule has 0 saturated heterocycles. The second-order valence-electron chi connectivity index (χ2n) is 8.70. The second kappa shape index (κ2) is 16.3. The van der Waals surface area contributed by atoms with Gasteiger partial charge in [-0.2, -0.15) is 0 Å². The van der Waals surface area contributed by atoms with Crippen LogP contribution in [-0.2, 0) is 6.42 Å². The molecule has 0 aromatic heterocycles. The molecule has 0 amide bonds. The van der Waals surface area contributed by atoms with Crippen LogP contribution in [-0.4, -0.2) is 0 Å². The third-order valence-corrected chi connectivity index (χ3v) is 6.18. The molecule has 0 atom stereocenters. The number of allylic oxidation sites excluding steroid dienone is 2. The van der Waals surface area contributed by atoms with Crippen molar-refractivity contribution in [2.24, 2.45) is 0 Å². The van der Waals surface area contributed by atoms with E-state index in [0.717, 1.165) is 0 Å². The summed E-state index contributed by atoms with van der Waals surface area (Å²) in [4.78, 5) is 0. The Morgan fingerprint density at radius 3 is 1.69 bits per heavy atom. The average Bonchev–Trinajstić information content (AvgIpc) is 2.76. The third-order valence-electron chi connectivity index (χ3n) is 6.18. The summed E-state index contributed by atoms with van der Waals surface area (Å²) in [6.07, 6.45) is 27.0. The van der Waals surface area contributed by atoms with Gasteiger partial charge in [-0.05, 0) is 48.9 Å². The van der Waals surface area contributed by atoms with Gasteiger partial charge in [-0.15, -0.1) is 0 Å². The highest BCUT2D eigenvalue weighted by molar-refractivity contribution is 5.85. The number of hydrogen-bond acceptors (Lipinski definition) is 0. The van der Waals surface area contributed by atoms with Crippen LogP contribution in [0.4, 0.5) is 0 Å². The molecule has 0 fully saturated rings. The fourth-order valence-corrected chi connectivity index (χ4v) is 4.38. The van der Waals surface area contributed by atoms with Crippen molar-refractivity contribution in [2.45, 2.75) is 110 Å². The summed E-state index contributed by atoms with van der Waals surface area (Å²) < 4.78 is 0. The zero-order valence-corrected chi connectivity index (χ0v) is 19.0. The van der Waals surface area contributed by atoms with Crippen LogP contribution in [0, 0.1) is 0 Å². The zero-order chi connectivity index (χ0) is 20.4. The molecule has 0 aliphatic carbocycles. The van der Waals surface area contributed by atoms with Gasteiger partial charge in [0.15, 0.2) is 0 Å². The van der Waals surface area contributed by atoms with E-state index in [9.17, 15) is 0 Å². The third kappa shape index (κ3) is 10.7. The van der Waals surface area contributed by atoms with Crippen molar-refractivity contribution in [3.05, 3.63) is 60.2 Å². The van der Waals surface area contributed by atoms with Crippen molar-refractivity contribution in [1.29, 1.82) is 0 Å². The maximum atomic E-state index is 2.31. The molecule has 160 valence electrons. The molecule has 0 radical (unpaired) electrons. The summed E-state index contributed by atoms with van der Waals surface area (Å²) in [6.45, 7) is 2.12. The Balaban J connectivity index is 1.36. The molecule has 0 aliphatic heterocycles. The van der Waals surface area contributed by atoms with E-state index in [0.29, 0.717) is 0 Å². The predicted octanol–water partition coefficient (Wildman–Crippen LogP) is 9.81. The molecule has 0 heteroatoms. The molecule has 0 saturated carbocycles. The quantitative estimate of drug-likeness (QED) is 0.185. The van der Waals surface area contributed by atoms with E-state index < -0.39 is 0 Å². The van der Waals surface area contributed by atoms with Gasteiger partial charge in [0.2, 0.25) is 0 Å². The van der Waals surface area contributed by atoms with Gasteiger partial charge in [0, 0.05) is 0 Å². The number of hydrogen-bond donors (Lipinski definition) is 0. The minimum atomic E-state index is 1.23. The molecule has 2 rings (SSSR count). The minimum Gasteiger partial charge on any atom is -0.0917 e. The summed E-state index contributed by atoms with van der Waals surface area (Å²) in [5.41, 5.74) is 1.53. The molecular weight excluding hydrogens is 348 g/mol. The van der Waals surface area contributed by atoms with Gasteiger partial charge in [0.25, 0.3) is 0 Å². The fraction of sp³-hybridized carbons (Fsp3) is 0.586. The van der Waals surface area contributed by atoms with Crippen molar-refractivity contribution in [3.63, 3.8) is 0 Å². The lowest BCUT2D eigenvalue weighted by atomic mass is 9.99. The highest BCUT2D eigenvalue weighted by Gasteiger charge is 2.00. The van der Waals surface area contributed by atoms with Crippen molar-refractivity contribution in [3.8, 4) is 0 Å². The van der Waals surface area contributed by atoms with Gasteiger partial charge in [-0.1, -0.05) is 132 Å². The monoisotopic (exact) mass is 392 g/mol. The summed E-state index contributed by atoms with van der Waals surface area (Å²) in [5.74, 6) is 0. The van der Waals surface area contributed by atoms with Gasteiger partial charge in [0.05, 0.1) is 0 Å². The second-order valence-corrected chi connectivity index (χ2v) is 8.70. The Hall–Kier alpha value is -1.56. The van der Waals surface area contributed by atoms with Gasteiger partial charge in [0.1, 0.15) is 0 Å². The van der Waals surface area contributed by atoms with Crippen molar-refractivity contribution >= 4 is 10.8 Å². The molecule has 0 N–H and O–H groups in total. The Labute approximate surface area is 180 Å². The molecule has 2 aromatic carbocycles. The van der Waals surface area contributed by atoms with Crippen LogP contribution >= 0.6 is 0 Å².